The summed E-state index contributed by atoms with van der Waals surface area (Å²) in [4.78, 5) is 14.4. The lowest BCUT2D eigenvalue weighted by atomic mass is 10.3. The Labute approximate surface area is 114 Å². The highest BCUT2D eigenvalue weighted by Crippen LogP contribution is 2.33. The average Bonchev–Trinajstić information content (AvgIpc) is 2.67. The van der Waals surface area contributed by atoms with E-state index in [4.69, 9.17) is 5.26 Å². The molecule has 1 aromatic heterocycles. The second kappa shape index (κ2) is 6.77. The van der Waals surface area contributed by atoms with Crippen molar-refractivity contribution in [1.29, 1.82) is 5.26 Å². The Hall–Kier alpha value is -0.860. The number of anilines is 1. The van der Waals surface area contributed by atoms with E-state index in [9.17, 15) is 4.79 Å². The Kier molecular flexibility index (Phi) is 5.66. The van der Waals surface area contributed by atoms with Gasteiger partial charge >= 0.3 is 0 Å². The van der Waals surface area contributed by atoms with Crippen LogP contribution in [0.25, 0.3) is 0 Å². The number of nitrogens with zero attached hydrogens (tertiary/aromatic N) is 2. The van der Waals surface area contributed by atoms with Crippen LogP contribution in [0.3, 0.4) is 0 Å². The number of carbonyl (C=O) groups is 1. The smallest absolute Gasteiger partial charge is 0.227 e. The van der Waals surface area contributed by atoms with Gasteiger partial charge in [0, 0.05) is 17.4 Å². The lowest BCUT2D eigenvalue weighted by Gasteiger charge is -2.19. The van der Waals surface area contributed by atoms with Gasteiger partial charge in [-0.15, -0.1) is 11.3 Å². The molecule has 17 heavy (non-hydrogen) atoms. The van der Waals surface area contributed by atoms with Gasteiger partial charge in [-0.25, -0.2) is 0 Å². The second-order valence-corrected chi connectivity index (χ2v) is 5.55. The Balaban J connectivity index is 2.97. The zero-order chi connectivity index (χ0) is 12.8. The van der Waals surface area contributed by atoms with Gasteiger partial charge in [-0.1, -0.05) is 13.8 Å². The highest BCUT2D eigenvalue weighted by atomic mass is 79.9. The molecule has 92 valence electrons. The molecular weight excluding hydrogens is 300 g/mol. The van der Waals surface area contributed by atoms with Crippen LogP contribution in [-0.4, -0.2) is 12.5 Å². The van der Waals surface area contributed by atoms with E-state index in [0.29, 0.717) is 17.8 Å². The summed E-state index contributed by atoms with van der Waals surface area (Å²) in [6.07, 6.45) is 2.31. The summed E-state index contributed by atoms with van der Waals surface area (Å²) in [7, 11) is 0. The van der Waals surface area contributed by atoms with Crippen LogP contribution in [0.4, 0.5) is 5.00 Å². The maximum absolute atomic E-state index is 12.0. The maximum Gasteiger partial charge on any atom is 0.227 e. The molecule has 0 bridgehead atoms. The molecule has 0 aliphatic carbocycles. The number of halogens is 1. The van der Waals surface area contributed by atoms with Crippen LogP contribution in [0, 0.1) is 11.3 Å². The molecule has 0 spiro atoms. The highest BCUT2D eigenvalue weighted by Gasteiger charge is 2.17. The Morgan fingerprint density at radius 2 is 2.24 bits per heavy atom. The molecular formula is C12H15BrN2OS. The van der Waals surface area contributed by atoms with Crippen molar-refractivity contribution in [1.82, 2.24) is 0 Å². The normalized spacial score (nSPS) is 10.0. The molecule has 0 unspecified atom stereocenters. The SMILES string of the molecule is CCCC(=O)N(CCC)c1cc(Br)c(C#N)s1. The molecule has 1 heterocycles. The lowest BCUT2D eigenvalue weighted by molar-refractivity contribution is -0.118. The number of hydrogen-bond donors (Lipinski definition) is 0. The quantitative estimate of drug-likeness (QED) is 0.826. The van der Waals surface area contributed by atoms with Crippen molar-refractivity contribution >= 4 is 38.2 Å². The third-order valence-electron chi connectivity index (χ3n) is 2.25. The van der Waals surface area contributed by atoms with Gasteiger partial charge in [-0.05, 0) is 34.8 Å². The number of hydrogen-bond acceptors (Lipinski definition) is 3. The van der Waals surface area contributed by atoms with Crippen LogP contribution in [0.15, 0.2) is 10.5 Å². The Morgan fingerprint density at radius 1 is 1.53 bits per heavy atom. The summed E-state index contributed by atoms with van der Waals surface area (Å²) >= 11 is 4.69. The van der Waals surface area contributed by atoms with Gasteiger partial charge in [-0.2, -0.15) is 5.26 Å². The van der Waals surface area contributed by atoms with Crippen molar-refractivity contribution in [3.63, 3.8) is 0 Å². The molecule has 0 aromatic carbocycles. The summed E-state index contributed by atoms with van der Waals surface area (Å²) in [5.41, 5.74) is 0. The van der Waals surface area contributed by atoms with Crippen LogP contribution in [-0.2, 0) is 4.79 Å². The van der Waals surface area contributed by atoms with Crippen LogP contribution in [0.5, 0.6) is 0 Å². The first kappa shape index (κ1) is 14.2. The van der Waals surface area contributed by atoms with E-state index in [-0.39, 0.29) is 5.91 Å². The third kappa shape index (κ3) is 3.55. The minimum atomic E-state index is 0.132. The van der Waals surface area contributed by atoms with Crippen LogP contribution < -0.4 is 4.90 Å². The molecule has 1 aromatic rings. The van der Waals surface area contributed by atoms with Crippen molar-refractivity contribution in [2.75, 3.05) is 11.4 Å². The molecule has 3 nitrogen and oxygen atoms in total. The van der Waals surface area contributed by atoms with Gasteiger partial charge in [0.15, 0.2) is 0 Å². The number of nitriles is 1. The first-order chi connectivity index (χ1) is 8.13. The monoisotopic (exact) mass is 314 g/mol. The predicted octanol–water partition coefficient (Wildman–Crippen LogP) is 3.93. The molecule has 1 rings (SSSR count). The highest BCUT2D eigenvalue weighted by molar-refractivity contribution is 9.10. The second-order valence-electron chi connectivity index (χ2n) is 3.67. The molecule has 0 saturated carbocycles. The van der Waals surface area contributed by atoms with Gasteiger partial charge in [0.1, 0.15) is 10.9 Å². The molecule has 0 N–H and O–H groups in total. The molecule has 0 atom stereocenters. The maximum atomic E-state index is 12.0. The molecule has 0 radical (unpaired) electrons. The number of thiophene rings is 1. The fourth-order valence-electron chi connectivity index (χ4n) is 1.50. The average molecular weight is 315 g/mol. The summed E-state index contributed by atoms with van der Waals surface area (Å²) in [6, 6.07) is 3.97. The van der Waals surface area contributed by atoms with Gasteiger partial charge in [0.25, 0.3) is 0 Å². The van der Waals surface area contributed by atoms with E-state index in [1.54, 1.807) is 4.90 Å². The molecule has 0 aliphatic rings. The van der Waals surface area contributed by atoms with E-state index in [1.165, 1.54) is 11.3 Å². The van der Waals surface area contributed by atoms with E-state index >= 15 is 0 Å². The molecule has 5 heteroatoms. The summed E-state index contributed by atoms with van der Waals surface area (Å²) in [5.74, 6) is 0.132. The molecule has 0 fully saturated rings. The van der Waals surface area contributed by atoms with Gasteiger partial charge in [0.05, 0.1) is 5.00 Å². The minimum absolute atomic E-state index is 0.132. The summed E-state index contributed by atoms with van der Waals surface area (Å²) in [5, 5.41) is 9.77. The van der Waals surface area contributed by atoms with E-state index in [1.807, 2.05) is 19.9 Å². The van der Waals surface area contributed by atoms with Crippen molar-refractivity contribution in [2.24, 2.45) is 0 Å². The van der Waals surface area contributed by atoms with E-state index < -0.39 is 0 Å². The predicted molar refractivity (Wildman–Crippen MR) is 74.3 cm³/mol. The van der Waals surface area contributed by atoms with Crippen molar-refractivity contribution in [3.05, 3.63) is 15.4 Å². The van der Waals surface area contributed by atoms with Crippen LogP contribution in [0.1, 0.15) is 38.0 Å². The molecule has 0 saturated heterocycles. The van der Waals surface area contributed by atoms with Crippen molar-refractivity contribution < 1.29 is 4.79 Å². The number of rotatable bonds is 5. The van der Waals surface area contributed by atoms with Crippen molar-refractivity contribution in [3.8, 4) is 6.07 Å². The minimum Gasteiger partial charge on any atom is -0.304 e. The number of carbonyl (C=O) groups excluding carboxylic acids is 1. The summed E-state index contributed by atoms with van der Waals surface area (Å²) < 4.78 is 0.769. The lowest BCUT2D eigenvalue weighted by Crippen LogP contribution is -2.30. The Morgan fingerprint density at radius 3 is 2.71 bits per heavy atom. The third-order valence-corrected chi connectivity index (χ3v) is 4.20. The van der Waals surface area contributed by atoms with E-state index in [2.05, 4.69) is 22.0 Å². The van der Waals surface area contributed by atoms with Gasteiger partial charge < -0.3 is 4.90 Å². The zero-order valence-corrected chi connectivity index (χ0v) is 12.4. The topological polar surface area (TPSA) is 44.1 Å². The van der Waals surface area contributed by atoms with Crippen LogP contribution in [0.2, 0.25) is 0 Å². The summed E-state index contributed by atoms with van der Waals surface area (Å²) in [6.45, 7) is 4.74. The fourth-order valence-corrected chi connectivity index (χ4v) is 3.09. The fraction of sp³-hybridized carbons (Fsp3) is 0.500. The zero-order valence-electron chi connectivity index (χ0n) is 9.99. The van der Waals surface area contributed by atoms with Crippen LogP contribution >= 0.6 is 27.3 Å². The first-order valence-electron chi connectivity index (χ1n) is 5.63. The largest absolute Gasteiger partial charge is 0.304 e. The molecule has 1 amide bonds. The van der Waals surface area contributed by atoms with Gasteiger partial charge in [-0.3, -0.25) is 4.79 Å². The standard InChI is InChI=1S/C12H15BrN2OS/c1-3-5-11(16)15(6-4-2)12-7-9(13)10(8-14)17-12/h7H,3-6H2,1-2H3. The first-order valence-corrected chi connectivity index (χ1v) is 7.24. The Bertz CT molecular complexity index is 436. The molecule has 0 aliphatic heterocycles. The number of amides is 1. The van der Waals surface area contributed by atoms with Gasteiger partial charge in [0.2, 0.25) is 5.91 Å². The van der Waals surface area contributed by atoms with Crippen molar-refractivity contribution in [2.45, 2.75) is 33.1 Å². The van der Waals surface area contributed by atoms with E-state index in [0.717, 1.165) is 22.3 Å².